The first-order valence-corrected chi connectivity index (χ1v) is 10.3. The largest absolute Gasteiger partial charge is 0.492 e. The van der Waals surface area contributed by atoms with Gasteiger partial charge in [-0.3, -0.25) is 9.89 Å². The molecule has 1 saturated heterocycles. The van der Waals surface area contributed by atoms with Gasteiger partial charge in [0, 0.05) is 45.3 Å². The Labute approximate surface area is 187 Å². The number of benzene rings is 1. The highest BCUT2D eigenvalue weighted by Gasteiger charge is 2.10. The number of hydrogen-bond acceptors (Lipinski definition) is 4. The molecule has 0 amide bonds. The van der Waals surface area contributed by atoms with Gasteiger partial charge in [0.05, 0.1) is 13.2 Å². The van der Waals surface area contributed by atoms with Crippen molar-refractivity contribution in [3.05, 3.63) is 29.8 Å². The fourth-order valence-electron chi connectivity index (χ4n) is 3.06. The zero-order valence-electron chi connectivity index (χ0n) is 17.4. The van der Waals surface area contributed by atoms with Gasteiger partial charge in [0.1, 0.15) is 12.4 Å². The average Bonchev–Trinajstić information content (AvgIpc) is 2.72. The molecule has 0 unspecified atom stereocenters. The van der Waals surface area contributed by atoms with Gasteiger partial charge >= 0.3 is 0 Å². The number of halogens is 1. The third-order valence-corrected chi connectivity index (χ3v) is 4.73. The van der Waals surface area contributed by atoms with Crippen molar-refractivity contribution in [1.82, 2.24) is 15.5 Å². The fraction of sp³-hybridized carbons (Fsp3) is 0.667. The standard InChI is InChI=1S/C21H36N4O2.HI/c1-3-4-5-8-11-23-21(22-2)24-18-19-9-6-7-10-20(19)27-17-14-25-12-15-26-16-13-25;/h6-7,9-10H,3-5,8,11-18H2,1-2H3,(H2,22,23,24);1H. The average molecular weight is 504 g/mol. The second-order valence-electron chi connectivity index (χ2n) is 6.82. The second-order valence-corrected chi connectivity index (χ2v) is 6.82. The van der Waals surface area contributed by atoms with Crippen molar-refractivity contribution in [2.24, 2.45) is 4.99 Å². The van der Waals surface area contributed by atoms with E-state index in [4.69, 9.17) is 9.47 Å². The summed E-state index contributed by atoms with van der Waals surface area (Å²) in [5, 5.41) is 6.77. The van der Waals surface area contributed by atoms with Crippen LogP contribution < -0.4 is 15.4 Å². The third kappa shape index (κ3) is 9.93. The lowest BCUT2D eigenvalue weighted by Gasteiger charge is -2.26. The molecule has 0 spiro atoms. The van der Waals surface area contributed by atoms with E-state index in [-0.39, 0.29) is 24.0 Å². The quantitative estimate of drug-likeness (QED) is 0.210. The Balaban J connectivity index is 0.00000392. The van der Waals surface area contributed by atoms with Crippen LogP contribution in [0.4, 0.5) is 0 Å². The fourth-order valence-corrected chi connectivity index (χ4v) is 3.06. The molecule has 0 aromatic heterocycles. The molecular weight excluding hydrogens is 467 g/mol. The number of para-hydroxylation sites is 1. The summed E-state index contributed by atoms with van der Waals surface area (Å²) in [5.74, 6) is 1.78. The number of hydrogen-bond donors (Lipinski definition) is 2. The van der Waals surface area contributed by atoms with Gasteiger partial charge in [-0.05, 0) is 12.5 Å². The first-order valence-electron chi connectivity index (χ1n) is 10.3. The predicted octanol–water partition coefficient (Wildman–Crippen LogP) is 3.26. The van der Waals surface area contributed by atoms with Crippen LogP contribution in [0.5, 0.6) is 5.75 Å². The molecule has 7 heteroatoms. The highest BCUT2D eigenvalue weighted by molar-refractivity contribution is 14.0. The van der Waals surface area contributed by atoms with Crippen molar-refractivity contribution in [2.45, 2.75) is 39.2 Å². The SMILES string of the molecule is CCCCCCNC(=NC)NCc1ccccc1OCCN1CCOCC1.I. The van der Waals surface area contributed by atoms with Gasteiger partial charge in [0.25, 0.3) is 0 Å². The molecule has 0 radical (unpaired) electrons. The number of nitrogens with zero attached hydrogens (tertiary/aromatic N) is 2. The van der Waals surface area contributed by atoms with Crippen LogP contribution in [0.2, 0.25) is 0 Å². The Kier molecular flexibility index (Phi) is 14.1. The van der Waals surface area contributed by atoms with E-state index in [2.05, 4.69) is 33.5 Å². The number of nitrogens with one attached hydrogen (secondary N) is 2. The number of unbranched alkanes of at least 4 members (excludes halogenated alkanes) is 3. The molecule has 1 aromatic carbocycles. The van der Waals surface area contributed by atoms with Crippen molar-refractivity contribution in [3.63, 3.8) is 0 Å². The van der Waals surface area contributed by atoms with Gasteiger partial charge in [-0.25, -0.2) is 0 Å². The Morgan fingerprint density at radius 1 is 1.14 bits per heavy atom. The van der Waals surface area contributed by atoms with Gasteiger partial charge in [-0.2, -0.15) is 0 Å². The molecular formula is C21H37IN4O2. The molecule has 1 aliphatic heterocycles. The maximum absolute atomic E-state index is 6.05. The van der Waals surface area contributed by atoms with E-state index in [1.807, 2.05) is 25.2 Å². The van der Waals surface area contributed by atoms with Gasteiger partial charge in [0.15, 0.2) is 5.96 Å². The van der Waals surface area contributed by atoms with Crippen LogP contribution in [0.15, 0.2) is 29.3 Å². The highest BCUT2D eigenvalue weighted by Crippen LogP contribution is 2.17. The summed E-state index contributed by atoms with van der Waals surface area (Å²) in [7, 11) is 1.81. The van der Waals surface area contributed by atoms with E-state index in [0.717, 1.165) is 56.7 Å². The van der Waals surface area contributed by atoms with E-state index in [1.54, 1.807) is 0 Å². The monoisotopic (exact) mass is 504 g/mol. The topological polar surface area (TPSA) is 58.1 Å². The summed E-state index contributed by atoms with van der Waals surface area (Å²) >= 11 is 0. The minimum atomic E-state index is 0. The van der Waals surface area contributed by atoms with Gasteiger partial charge in [-0.15, -0.1) is 24.0 Å². The zero-order chi connectivity index (χ0) is 19.2. The molecule has 0 aliphatic carbocycles. The van der Waals surface area contributed by atoms with E-state index in [0.29, 0.717) is 13.2 Å². The second kappa shape index (κ2) is 15.8. The van der Waals surface area contributed by atoms with Gasteiger partial charge in [-0.1, -0.05) is 44.4 Å². The van der Waals surface area contributed by atoms with Crippen LogP contribution in [0, 0.1) is 0 Å². The first-order chi connectivity index (χ1) is 13.3. The van der Waals surface area contributed by atoms with Crippen LogP contribution in [0.3, 0.4) is 0 Å². The zero-order valence-corrected chi connectivity index (χ0v) is 19.7. The Bertz CT molecular complexity index is 551. The van der Waals surface area contributed by atoms with Gasteiger partial charge in [0.2, 0.25) is 0 Å². The molecule has 28 heavy (non-hydrogen) atoms. The molecule has 0 atom stereocenters. The number of rotatable bonds is 11. The molecule has 1 aliphatic rings. The molecule has 1 aromatic rings. The molecule has 160 valence electrons. The van der Waals surface area contributed by atoms with E-state index in [1.165, 1.54) is 25.7 Å². The Morgan fingerprint density at radius 2 is 1.93 bits per heavy atom. The van der Waals surface area contributed by atoms with Crippen LogP contribution in [0.1, 0.15) is 38.2 Å². The van der Waals surface area contributed by atoms with E-state index >= 15 is 0 Å². The van der Waals surface area contributed by atoms with Crippen LogP contribution in [-0.2, 0) is 11.3 Å². The maximum Gasteiger partial charge on any atom is 0.191 e. The van der Waals surface area contributed by atoms with Crippen molar-refractivity contribution in [2.75, 3.05) is 53.0 Å². The van der Waals surface area contributed by atoms with E-state index in [9.17, 15) is 0 Å². The van der Waals surface area contributed by atoms with Crippen LogP contribution >= 0.6 is 24.0 Å². The number of aliphatic imine (C=N–C) groups is 1. The number of morpholine rings is 1. The normalized spacial score (nSPS) is 15.0. The van der Waals surface area contributed by atoms with Crippen molar-refractivity contribution >= 4 is 29.9 Å². The summed E-state index contributed by atoms with van der Waals surface area (Å²) in [4.78, 5) is 6.69. The Morgan fingerprint density at radius 3 is 2.68 bits per heavy atom. The summed E-state index contributed by atoms with van der Waals surface area (Å²) in [6.07, 6.45) is 4.99. The number of ether oxygens (including phenoxy) is 2. The highest BCUT2D eigenvalue weighted by atomic mass is 127. The molecule has 6 nitrogen and oxygen atoms in total. The maximum atomic E-state index is 6.05. The predicted molar refractivity (Wildman–Crippen MR) is 127 cm³/mol. The minimum absolute atomic E-state index is 0. The van der Waals surface area contributed by atoms with Crippen molar-refractivity contribution < 1.29 is 9.47 Å². The first kappa shape index (κ1) is 25.0. The molecule has 0 bridgehead atoms. The molecule has 0 saturated carbocycles. The van der Waals surface area contributed by atoms with Crippen LogP contribution in [-0.4, -0.2) is 63.9 Å². The molecule has 2 N–H and O–H groups in total. The smallest absolute Gasteiger partial charge is 0.191 e. The summed E-state index contributed by atoms with van der Waals surface area (Å²) < 4.78 is 11.4. The van der Waals surface area contributed by atoms with Crippen molar-refractivity contribution in [1.29, 1.82) is 0 Å². The minimum Gasteiger partial charge on any atom is -0.492 e. The summed E-state index contributed by atoms with van der Waals surface area (Å²) in [6.45, 7) is 9.15. The number of guanidine groups is 1. The summed E-state index contributed by atoms with van der Waals surface area (Å²) in [5.41, 5.74) is 1.15. The molecule has 1 fully saturated rings. The molecule has 1 heterocycles. The van der Waals surface area contributed by atoms with E-state index < -0.39 is 0 Å². The lowest BCUT2D eigenvalue weighted by atomic mass is 10.2. The summed E-state index contributed by atoms with van der Waals surface area (Å²) in [6, 6.07) is 8.21. The third-order valence-electron chi connectivity index (χ3n) is 4.73. The Hall–Kier alpha value is -1.06. The van der Waals surface area contributed by atoms with Gasteiger partial charge < -0.3 is 20.1 Å². The lowest BCUT2D eigenvalue weighted by molar-refractivity contribution is 0.0322. The molecule has 2 rings (SSSR count). The van der Waals surface area contributed by atoms with Crippen LogP contribution in [0.25, 0.3) is 0 Å². The lowest BCUT2D eigenvalue weighted by Crippen LogP contribution is -2.38. The van der Waals surface area contributed by atoms with Crippen molar-refractivity contribution in [3.8, 4) is 5.75 Å².